The molecule has 4 rings (SSSR count). The fourth-order valence-corrected chi connectivity index (χ4v) is 3.35. The summed E-state index contributed by atoms with van der Waals surface area (Å²) in [6, 6.07) is 11.8. The van der Waals surface area contributed by atoms with Crippen LogP contribution in [0.2, 0.25) is 0 Å². The summed E-state index contributed by atoms with van der Waals surface area (Å²) in [6.07, 6.45) is 2.43. The largest absolute Gasteiger partial charge is 0.487 e. The number of nitrogens with zero attached hydrogens (tertiary/aromatic N) is 3. The number of ether oxygens (including phenoxy) is 1. The van der Waals surface area contributed by atoms with E-state index in [4.69, 9.17) is 9.15 Å². The van der Waals surface area contributed by atoms with E-state index in [0.717, 1.165) is 17.7 Å². The Morgan fingerprint density at radius 1 is 1.28 bits per heavy atom. The van der Waals surface area contributed by atoms with Gasteiger partial charge in [0.25, 0.3) is 0 Å². The van der Waals surface area contributed by atoms with Crippen molar-refractivity contribution in [1.82, 2.24) is 25.8 Å². The van der Waals surface area contributed by atoms with Gasteiger partial charge in [0.2, 0.25) is 5.82 Å². The summed E-state index contributed by atoms with van der Waals surface area (Å²) in [5.74, 6) is 3.46. The molecule has 1 aromatic carbocycles. The van der Waals surface area contributed by atoms with Crippen molar-refractivity contribution in [2.75, 3.05) is 7.05 Å². The first-order chi connectivity index (χ1) is 13.5. The normalized spacial score (nSPS) is 17.6. The fraction of sp³-hybridized carbons (Fsp3) is 0.350. The van der Waals surface area contributed by atoms with Crippen LogP contribution in [0.5, 0.6) is 5.75 Å². The van der Waals surface area contributed by atoms with Crippen molar-refractivity contribution in [1.29, 1.82) is 0 Å². The highest BCUT2D eigenvalue weighted by molar-refractivity contribution is 14.0. The monoisotopic (exact) mass is 508 g/mol. The lowest BCUT2D eigenvalue weighted by Crippen LogP contribution is -2.45. The molecule has 3 aromatic rings. The molecule has 0 saturated carbocycles. The van der Waals surface area contributed by atoms with Crippen LogP contribution in [0.3, 0.4) is 0 Å². The minimum Gasteiger partial charge on any atom is -0.487 e. The average Bonchev–Trinajstić information content (AvgIpc) is 3.35. The molecule has 154 valence electrons. The van der Waals surface area contributed by atoms with Crippen LogP contribution >= 0.6 is 24.0 Å². The number of aliphatic imine (C=N–C) groups is 1. The maximum atomic E-state index is 6.10. The second kappa shape index (κ2) is 8.85. The topological polar surface area (TPSA) is 100 Å². The summed E-state index contributed by atoms with van der Waals surface area (Å²) in [5.41, 5.74) is 0.873. The average molecular weight is 508 g/mol. The third kappa shape index (κ3) is 4.89. The number of aromatic nitrogens is 3. The molecule has 0 fully saturated rings. The number of guanidine groups is 1. The van der Waals surface area contributed by atoms with E-state index in [9.17, 15) is 0 Å². The molecule has 0 amide bonds. The summed E-state index contributed by atoms with van der Waals surface area (Å²) in [5, 5.41) is 13.9. The predicted octanol–water partition coefficient (Wildman–Crippen LogP) is 3.65. The Bertz CT molecular complexity index is 967. The van der Waals surface area contributed by atoms with Gasteiger partial charge in [-0.3, -0.25) is 10.1 Å². The Balaban J connectivity index is 0.00000240. The van der Waals surface area contributed by atoms with Crippen LogP contribution in [0.25, 0.3) is 11.6 Å². The number of rotatable bonds is 4. The maximum absolute atomic E-state index is 6.10. The van der Waals surface area contributed by atoms with Crippen molar-refractivity contribution in [3.63, 3.8) is 0 Å². The number of nitrogens with one attached hydrogen (secondary N) is 3. The van der Waals surface area contributed by atoms with Gasteiger partial charge in [-0.05, 0) is 32.0 Å². The molecule has 1 aliphatic heterocycles. The molecule has 3 heterocycles. The molecule has 0 bridgehead atoms. The molecular formula is C20H25IN6O2. The van der Waals surface area contributed by atoms with Crippen molar-refractivity contribution in [2.24, 2.45) is 4.99 Å². The van der Waals surface area contributed by atoms with Crippen LogP contribution in [-0.2, 0) is 6.54 Å². The molecule has 1 unspecified atom stereocenters. The zero-order chi connectivity index (χ0) is 19.6. The van der Waals surface area contributed by atoms with E-state index in [-0.39, 0.29) is 35.6 Å². The lowest BCUT2D eigenvalue weighted by molar-refractivity contribution is 0.0694. The van der Waals surface area contributed by atoms with Crippen molar-refractivity contribution in [3.8, 4) is 17.3 Å². The lowest BCUT2D eigenvalue weighted by atomic mass is 9.90. The molecule has 2 aromatic heterocycles. The van der Waals surface area contributed by atoms with Crippen molar-refractivity contribution < 1.29 is 9.15 Å². The number of para-hydroxylation sites is 1. The van der Waals surface area contributed by atoms with Gasteiger partial charge in [-0.25, -0.2) is 4.98 Å². The SMILES string of the molecule is CN=C(NCc1nc(-c2ccco2)n[nH]1)NC1CC(C)(C)Oc2ccccc21.I. The number of aromatic amines is 1. The van der Waals surface area contributed by atoms with Gasteiger partial charge in [0.1, 0.15) is 17.2 Å². The van der Waals surface area contributed by atoms with Crippen molar-refractivity contribution in [2.45, 2.75) is 38.5 Å². The van der Waals surface area contributed by atoms with Crippen molar-refractivity contribution in [3.05, 3.63) is 54.0 Å². The molecular weight excluding hydrogens is 483 g/mol. The van der Waals surface area contributed by atoms with Gasteiger partial charge in [-0.15, -0.1) is 29.1 Å². The second-order valence-electron chi connectivity index (χ2n) is 7.31. The Hall–Kier alpha value is -2.56. The number of H-pyrrole nitrogens is 1. The molecule has 1 aliphatic rings. The lowest BCUT2D eigenvalue weighted by Gasteiger charge is -2.38. The summed E-state index contributed by atoms with van der Waals surface area (Å²) in [4.78, 5) is 8.79. The van der Waals surface area contributed by atoms with E-state index in [1.165, 1.54) is 0 Å². The van der Waals surface area contributed by atoms with E-state index in [1.807, 2.05) is 30.3 Å². The molecule has 9 heteroatoms. The first-order valence-electron chi connectivity index (χ1n) is 9.24. The first-order valence-corrected chi connectivity index (χ1v) is 9.24. The zero-order valence-corrected chi connectivity index (χ0v) is 18.9. The quantitative estimate of drug-likeness (QED) is 0.283. The van der Waals surface area contributed by atoms with Gasteiger partial charge in [-0.1, -0.05) is 18.2 Å². The zero-order valence-electron chi connectivity index (χ0n) is 16.6. The van der Waals surface area contributed by atoms with Gasteiger partial charge in [-0.2, -0.15) is 0 Å². The van der Waals surface area contributed by atoms with Crippen LogP contribution in [-0.4, -0.2) is 33.8 Å². The Morgan fingerprint density at radius 2 is 2.10 bits per heavy atom. The van der Waals surface area contributed by atoms with E-state index < -0.39 is 0 Å². The van der Waals surface area contributed by atoms with E-state index in [0.29, 0.717) is 29.9 Å². The predicted molar refractivity (Wildman–Crippen MR) is 121 cm³/mol. The van der Waals surface area contributed by atoms with Crippen LogP contribution in [0.4, 0.5) is 0 Å². The van der Waals surface area contributed by atoms with Gasteiger partial charge >= 0.3 is 0 Å². The summed E-state index contributed by atoms with van der Waals surface area (Å²) < 4.78 is 11.4. The van der Waals surface area contributed by atoms with E-state index in [1.54, 1.807) is 13.3 Å². The highest BCUT2D eigenvalue weighted by Crippen LogP contribution is 2.39. The third-order valence-corrected chi connectivity index (χ3v) is 4.61. The van der Waals surface area contributed by atoms with Crippen LogP contribution in [0.15, 0.2) is 52.1 Å². The number of halogens is 1. The smallest absolute Gasteiger partial charge is 0.216 e. The molecule has 29 heavy (non-hydrogen) atoms. The highest BCUT2D eigenvalue weighted by Gasteiger charge is 2.33. The second-order valence-corrected chi connectivity index (χ2v) is 7.31. The summed E-state index contributed by atoms with van der Waals surface area (Å²) >= 11 is 0. The number of hydrogen-bond acceptors (Lipinski definition) is 5. The Morgan fingerprint density at radius 3 is 2.86 bits per heavy atom. The highest BCUT2D eigenvalue weighted by atomic mass is 127. The van der Waals surface area contributed by atoms with Gasteiger partial charge in [0, 0.05) is 19.0 Å². The molecule has 3 N–H and O–H groups in total. The maximum Gasteiger partial charge on any atom is 0.216 e. The molecule has 0 radical (unpaired) electrons. The van der Waals surface area contributed by atoms with Gasteiger partial charge < -0.3 is 19.8 Å². The van der Waals surface area contributed by atoms with Gasteiger partial charge in [0.05, 0.1) is 18.8 Å². The molecule has 8 nitrogen and oxygen atoms in total. The van der Waals surface area contributed by atoms with Crippen LogP contribution in [0, 0.1) is 0 Å². The minimum atomic E-state index is -0.256. The third-order valence-electron chi connectivity index (χ3n) is 4.61. The number of benzene rings is 1. The van der Waals surface area contributed by atoms with E-state index >= 15 is 0 Å². The molecule has 1 atom stereocenters. The van der Waals surface area contributed by atoms with Crippen molar-refractivity contribution >= 4 is 29.9 Å². The molecule has 0 aliphatic carbocycles. The first kappa shape index (κ1) is 21.2. The molecule has 0 saturated heterocycles. The number of hydrogen-bond donors (Lipinski definition) is 3. The van der Waals surface area contributed by atoms with Gasteiger partial charge in [0.15, 0.2) is 11.7 Å². The minimum absolute atomic E-state index is 0. The van der Waals surface area contributed by atoms with Crippen LogP contribution in [0.1, 0.15) is 37.7 Å². The summed E-state index contributed by atoms with van der Waals surface area (Å²) in [7, 11) is 1.75. The van der Waals surface area contributed by atoms with Crippen LogP contribution < -0.4 is 15.4 Å². The fourth-order valence-electron chi connectivity index (χ4n) is 3.35. The molecule has 0 spiro atoms. The Labute approximate surface area is 186 Å². The summed E-state index contributed by atoms with van der Waals surface area (Å²) in [6.45, 7) is 4.65. The van der Waals surface area contributed by atoms with E-state index in [2.05, 4.69) is 50.7 Å². The number of furan rings is 1. The standard InChI is InChI=1S/C20H24N6O2.HI/c1-20(2)11-14(13-7-4-5-8-15(13)28-20)23-19(21-3)22-12-17-24-18(26-25-17)16-9-6-10-27-16;/h4-10,14H,11-12H2,1-3H3,(H2,21,22,23)(H,24,25,26);1H. The number of fused-ring (bicyclic) bond motifs is 1. The Kier molecular flexibility index (Phi) is 6.46.